The molecule has 0 fully saturated rings. The summed E-state index contributed by atoms with van der Waals surface area (Å²) < 4.78 is 2.13. The van der Waals surface area contributed by atoms with Crippen molar-refractivity contribution < 1.29 is 4.92 Å². The lowest BCUT2D eigenvalue weighted by Crippen LogP contribution is -2.33. The van der Waals surface area contributed by atoms with E-state index >= 15 is 0 Å². The van der Waals surface area contributed by atoms with Crippen molar-refractivity contribution in [2.45, 2.75) is 28.3 Å². The molecule has 2 heterocycles. The molecule has 142 valence electrons. The third kappa shape index (κ3) is 3.70. The summed E-state index contributed by atoms with van der Waals surface area (Å²) in [7, 11) is 0. The molecule has 28 heavy (non-hydrogen) atoms. The highest BCUT2D eigenvalue weighted by Gasteiger charge is 2.33. The number of hydrogen-bond donors (Lipinski definition) is 0. The van der Waals surface area contributed by atoms with Gasteiger partial charge in [0.15, 0.2) is 5.16 Å². The molecular formula is C20H17N3O3S2. The Bertz CT molecular complexity index is 1070. The van der Waals surface area contributed by atoms with Gasteiger partial charge in [-0.1, -0.05) is 42.1 Å². The van der Waals surface area contributed by atoms with Crippen molar-refractivity contribution >= 4 is 29.2 Å². The van der Waals surface area contributed by atoms with E-state index in [1.54, 1.807) is 41.7 Å². The standard InChI is InChI=1S/C20H17N3O3S2/c1-13-11-18(24)21-20-22(13)19(14-5-3-2-4-6-14)17(12-27-20)28-16-9-7-15(8-10-16)23(25)26/h2-11,17,19H,12H2,1H3/t17-,19-/m1/s1. The molecule has 1 aromatic heterocycles. The summed E-state index contributed by atoms with van der Waals surface area (Å²) in [6.07, 6.45) is 0. The molecule has 2 atom stereocenters. The van der Waals surface area contributed by atoms with E-state index in [2.05, 4.69) is 21.7 Å². The van der Waals surface area contributed by atoms with Gasteiger partial charge in [0, 0.05) is 39.8 Å². The number of nitro benzene ring substituents is 1. The molecule has 0 saturated carbocycles. The van der Waals surface area contributed by atoms with Gasteiger partial charge in [-0.2, -0.15) is 4.98 Å². The van der Waals surface area contributed by atoms with Crippen LogP contribution in [0, 0.1) is 17.0 Å². The van der Waals surface area contributed by atoms with Gasteiger partial charge in [-0.15, -0.1) is 11.8 Å². The zero-order valence-corrected chi connectivity index (χ0v) is 16.7. The monoisotopic (exact) mass is 411 g/mol. The Kier molecular flexibility index (Phi) is 5.23. The normalized spacial score (nSPS) is 18.5. The van der Waals surface area contributed by atoms with Crippen molar-refractivity contribution in [2.75, 3.05) is 5.75 Å². The molecule has 2 aromatic carbocycles. The first-order valence-corrected chi connectivity index (χ1v) is 10.6. The quantitative estimate of drug-likeness (QED) is 0.362. The van der Waals surface area contributed by atoms with Crippen LogP contribution in [0.5, 0.6) is 0 Å². The van der Waals surface area contributed by atoms with Gasteiger partial charge in [0.25, 0.3) is 11.2 Å². The second kappa shape index (κ2) is 7.81. The van der Waals surface area contributed by atoms with Gasteiger partial charge < -0.3 is 4.57 Å². The number of aromatic nitrogens is 2. The Morgan fingerprint density at radius 3 is 2.57 bits per heavy atom. The summed E-state index contributed by atoms with van der Waals surface area (Å²) in [6.45, 7) is 1.93. The summed E-state index contributed by atoms with van der Waals surface area (Å²) in [5.74, 6) is 0.789. The van der Waals surface area contributed by atoms with Crippen LogP contribution in [0.25, 0.3) is 0 Å². The number of nitrogens with zero attached hydrogens (tertiary/aromatic N) is 3. The maximum Gasteiger partial charge on any atom is 0.273 e. The highest BCUT2D eigenvalue weighted by Crippen LogP contribution is 2.43. The summed E-state index contributed by atoms with van der Waals surface area (Å²) in [4.78, 5) is 27.6. The fraction of sp³-hybridized carbons (Fsp3) is 0.200. The highest BCUT2D eigenvalue weighted by atomic mass is 32.2. The molecule has 0 aliphatic carbocycles. The van der Waals surface area contributed by atoms with Crippen molar-refractivity contribution in [3.05, 3.63) is 92.4 Å². The topological polar surface area (TPSA) is 78.0 Å². The molecule has 0 bridgehead atoms. The van der Waals surface area contributed by atoms with Gasteiger partial charge in [-0.3, -0.25) is 14.9 Å². The van der Waals surface area contributed by atoms with Crippen LogP contribution in [0.1, 0.15) is 17.3 Å². The van der Waals surface area contributed by atoms with Crippen LogP contribution >= 0.6 is 23.5 Å². The number of thioether (sulfide) groups is 2. The van der Waals surface area contributed by atoms with E-state index in [1.807, 2.05) is 25.1 Å². The fourth-order valence-electron chi connectivity index (χ4n) is 3.37. The first-order chi connectivity index (χ1) is 13.5. The molecule has 0 unspecified atom stereocenters. The fourth-order valence-corrected chi connectivity index (χ4v) is 5.94. The lowest BCUT2D eigenvalue weighted by atomic mass is 10.0. The first-order valence-electron chi connectivity index (χ1n) is 8.72. The molecular weight excluding hydrogens is 394 g/mol. The largest absolute Gasteiger partial charge is 0.316 e. The Balaban J connectivity index is 1.74. The number of hydrogen-bond acceptors (Lipinski definition) is 6. The zero-order chi connectivity index (χ0) is 19.7. The third-order valence-electron chi connectivity index (χ3n) is 4.61. The Hall–Kier alpha value is -2.58. The molecule has 1 aliphatic heterocycles. The van der Waals surface area contributed by atoms with Gasteiger partial charge in [-0.25, -0.2) is 0 Å². The van der Waals surface area contributed by atoms with E-state index in [4.69, 9.17) is 0 Å². The van der Waals surface area contributed by atoms with Crippen LogP contribution in [-0.4, -0.2) is 25.5 Å². The molecule has 6 nitrogen and oxygen atoms in total. The molecule has 0 radical (unpaired) electrons. The van der Waals surface area contributed by atoms with Crippen molar-refractivity contribution in [1.82, 2.24) is 9.55 Å². The van der Waals surface area contributed by atoms with Gasteiger partial charge in [0.05, 0.1) is 11.0 Å². The van der Waals surface area contributed by atoms with E-state index in [0.29, 0.717) is 0 Å². The number of aryl methyl sites for hydroxylation is 1. The molecule has 0 N–H and O–H groups in total. The Morgan fingerprint density at radius 1 is 1.18 bits per heavy atom. The molecule has 8 heteroatoms. The van der Waals surface area contributed by atoms with Gasteiger partial charge in [0.1, 0.15) is 0 Å². The minimum Gasteiger partial charge on any atom is -0.316 e. The van der Waals surface area contributed by atoms with E-state index in [0.717, 1.165) is 27.1 Å². The number of fused-ring (bicyclic) bond motifs is 1. The SMILES string of the molecule is Cc1cc(=O)nc2n1[C@H](c1ccccc1)[C@H](Sc1ccc([N+](=O)[O-])cc1)CS2. The molecule has 0 saturated heterocycles. The molecule has 3 aromatic rings. The van der Waals surface area contributed by atoms with Crippen LogP contribution in [0.15, 0.2) is 75.5 Å². The summed E-state index contributed by atoms with van der Waals surface area (Å²) >= 11 is 3.27. The van der Waals surface area contributed by atoms with Gasteiger partial charge in [-0.05, 0) is 24.6 Å². The van der Waals surface area contributed by atoms with Crippen molar-refractivity contribution in [1.29, 1.82) is 0 Å². The van der Waals surface area contributed by atoms with Crippen LogP contribution in [0.2, 0.25) is 0 Å². The predicted octanol–water partition coefficient (Wildman–Crippen LogP) is 4.32. The number of rotatable bonds is 4. The second-order valence-electron chi connectivity index (χ2n) is 6.46. The predicted molar refractivity (Wildman–Crippen MR) is 111 cm³/mol. The minimum atomic E-state index is -0.390. The Labute approximate surface area is 170 Å². The first kappa shape index (κ1) is 18.8. The Morgan fingerprint density at radius 2 is 1.89 bits per heavy atom. The van der Waals surface area contributed by atoms with Crippen molar-refractivity contribution in [3.63, 3.8) is 0 Å². The minimum absolute atomic E-state index is 0.0192. The van der Waals surface area contributed by atoms with Gasteiger partial charge >= 0.3 is 0 Å². The number of nitro groups is 1. The van der Waals surface area contributed by atoms with Crippen LogP contribution in [0.4, 0.5) is 5.69 Å². The number of benzene rings is 2. The average molecular weight is 412 g/mol. The lowest BCUT2D eigenvalue weighted by Gasteiger charge is -2.35. The van der Waals surface area contributed by atoms with Crippen molar-refractivity contribution in [3.8, 4) is 0 Å². The maximum atomic E-state index is 11.9. The number of non-ortho nitro benzene ring substituents is 1. The average Bonchev–Trinajstić information content (AvgIpc) is 2.69. The lowest BCUT2D eigenvalue weighted by molar-refractivity contribution is -0.384. The smallest absolute Gasteiger partial charge is 0.273 e. The molecule has 0 spiro atoms. The molecule has 4 rings (SSSR count). The van der Waals surface area contributed by atoms with Crippen LogP contribution in [0.3, 0.4) is 0 Å². The van der Waals surface area contributed by atoms with Crippen LogP contribution < -0.4 is 5.56 Å². The summed E-state index contributed by atoms with van der Waals surface area (Å²) in [5, 5.41) is 11.8. The van der Waals surface area contributed by atoms with E-state index in [9.17, 15) is 14.9 Å². The molecule has 0 amide bonds. The van der Waals surface area contributed by atoms with Crippen molar-refractivity contribution in [2.24, 2.45) is 0 Å². The highest BCUT2D eigenvalue weighted by molar-refractivity contribution is 8.03. The molecule has 1 aliphatic rings. The van der Waals surface area contributed by atoms with E-state index in [-0.39, 0.29) is 27.5 Å². The zero-order valence-electron chi connectivity index (χ0n) is 15.0. The van der Waals surface area contributed by atoms with Crippen LogP contribution in [-0.2, 0) is 0 Å². The van der Waals surface area contributed by atoms with Gasteiger partial charge in [0.2, 0.25) is 0 Å². The second-order valence-corrected chi connectivity index (χ2v) is 8.76. The maximum absolute atomic E-state index is 11.9. The summed E-state index contributed by atoms with van der Waals surface area (Å²) in [6, 6.07) is 18.4. The van der Waals surface area contributed by atoms with E-state index in [1.165, 1.54) is 12.1 Å². The van der Waals surface area contributed by atoms with E-state index < -0.39 is 0 Å². The summed E-state index contributed by atoms with van der Waals surface area (Å²) in [5.41, 5.74) is 1.90. The third-order valence-corrected chi connectivity index (χ3v) is 7.16.